The zero-order valence-corrected chi connectivity index (χ0v) is 14.2. The number of aromatic nitrogens is 2. The van der Waals surface area contributed by atoms with Gasteiger partial charge in [-0.15, -0.1) is 0 Å². The summed E-state index contributed by atoms with van der Waals surface area (Å²) in [5.74, 6) is -0.0455. The molecule has 0 saturated heterocycles. The summed E-state index contributed by atoms with van der Waals surface area (Å²) >= 11 is 15.5. The average molecular weight is 376 g/mol. The fourth-order valence-electron chi connectivity index (χ4n) is 2.00. The molecule has 106 valence electrons. The van der Waals surface area contributed by atoms with Gasteiger partial charge in [0.1, 0.15) is 0 Å². The molecule has 0 N–H and O–H groups in total. The molecule has 2 rings (SSSR count). The summed E-state index contributed by atoms with van der Waals surface area (Å²) in [5, 5.41) is 5.39. The first-order valence-electron chi connectivity index (χ1n) is 6.14. The van der Waals surface area contributed by atoms with Crippen molar-refractivity contribution in [3.63, 3.8) is 0 Å². The van der Waals surface area contributed by atoms with E-state index in [9.17, 15) is 4.79 Å². The number of rotatable bonds is 4. The van der Waals surface area contributed by atoms with Crippen molar-refractivity contribution in [2.45, 2.75) is 26.8 Å². The van der Waals surface area contributed by atoms with E-state index in [-0.39, 0.29) is 12.2 Å². The Labute approximate surface area is 136 Å². The molecule has 0 aliphatic carbocycles. The third-order valence-corrected chi connectivity index (χ3v) is 4.43. The van der Waals surface area contributed by atoms with Crippen LogP contribution in [0.15, 0.2) is 22.7 Å². The van der Waals surface area contributed by atoms with Crippen molar-refractivity contribution in [1.29, 1.82) is 0 Å². The molecule has 0 spiro atoms. The summed E-state index contributed by atoms with van der Waals surface area (Å²) in [6.45, 7) is 4.47. The normalized spacial score (nSPS) is 10.8. The molecule has 20 heavy (non-hydrogen) atoms. The molecular weight excluding hydrogens is 363 g/mol. The Morgan fingerprint density at radius 3 is 2.75 bits per heavy atom. The van der Waals surface area contributed by atoms with Gasteiger partial charge in [-0.1, -0.05) is 39.1 Å². The van der Waals surface area contributed by atoms with Crippen LogP contribution in [0.5, 0.6) is 0 Å². The molecule has 0 bridgehead atoms. The second kappa shape index (κ2) is 6.29. The number of carbonyl (C=O) groups excluding carboxylic acids is 1. The van der Waals surface area contributed by atoms with Crippen molar-refractivity contribution in [2.24, 2.45) is 0 Å². The predicted octanol–water partition coefficient (Wildman–Crippen LogP) is 4.71. The van der Waals surface area contributed by atoms with Gasteiger partial charge in [0.05, 0.1) is 22.8 Å². The van der Waals surface area contributed by atoms with E-state index in [2.05, 4.69) is 21.0 Å². The van der Waals surface area contributed by atoms with Gasteiger partial charge in [-0.25, -0.2) is 0 Å². The molecule has 0 saturated carbocycles. The minimum absolute atomic E-state index is 0.0455. The fraction of sp³-hybridized carbons (Fsp3) is 0.286. The van der Waals surface area contributed by atoms with E-state index in [0.29, 0.717) is 22.2 Å². The Hall–Kier alpha value is -0.840. The molecule has 0 unspecified atom stereocenters. The quantitative estimate of drug-likeness (QED) is 0.725. The highest BCUT2D eigenvalue weighted by Crippen LogP contribution is 2.26. The van der Waals surface area contributed by atoms with Gasteiger partial charge in [0, 0.05) is 21.6 Å². The minimum Gasteiger partial charge on any atom is -0.294 e. The van der Waals surface area contributed by atoms with Crippen molar-refractivity contribution in [3.05, 3.63) is 49.7 Å². The molecule has 1 aromatic carbocycles. The highest BCUT2D eigenvalue weighted by molar-refractivity contribution is 9.10. The summed E-state index contributed by atoms with van der Waals surface area (Å²) in [6.07, 6.45) is 0.201. The van der Waals surface area contributed by atoms with E-state index >= 15 is 0 Å². The Morgan fingerprint density at radius 1 is 1.40 bits per heavy atom. The minimum atomic E-state index is -0.0455. The molecule has 0 aliphatic heterocycles. The molecule has 1 aromatic heterocycles. The molecular formula is C14H13BrCl2N2O. The maximum atomic E-state index is 12.4. The number of nitrogens with zero attached hydrogens (tertiary/aromatic N) is 2. The van der Waals surface area contributed by atoms with Gasteiger partial charge in [0.2, 0.25) is 0 Å². The maximum Gasteiger partial charge on any atom is 0.170 e. The number of Topliss-reactive ketones (excluding diaryl/α,β-unsaturated/α-hetero) is 1. The standard InChI is InChI=1S/C14H13BrCl2N2O/c1-3-19-12(14(17)8(2)18-19)7-13(20)10-6-9(16)4-5-11(10)15/h4-6H,3,7H2,1-2H3. The third kappa shape index (κ3) is 3.08. The highest BCUT2D eigenvalue weighted by atomic mass is 79.9. The number of ketones is 1. The van der Waals surface area contributed by atoms with Gasteiger partial charge >= 0.3 is 0 Å². The Balaban J connectivity index is 2.35. The molecule has 1 heterocycles. The Morgan fingerprint density at radius 2 is 2.10 bits per heavy atom. The maximum absolute atomic E-state index is 12.4. The van der Waals surface area contributed by atoms with Crippen LogP contribution in [0.1, 0.15) is 28.7 Å². The second-order valence-corrected chi connectivity index (χ2v) is 6.05. The zero-order chi connectivity index (χ0) is 14.9. The van der Waals surface area contributed by atoms with Crippen molar-refractivity contribution < 1.29 is 4.79 Å². The third-order valence-electron chi connectivity index (χ3n) is 3.01. The number of hydrogen-bond acceptors (Lipinski definition) is 2. The van der Waals surface area contributed by atoms with Crippen molar-refractivity contribution in [3.8, 4) is 0 Å². The van der Waals surface area contributed by atoms with E-state index in [4.69, 9.17) is 23.2 Å². The fourth-order valence-corrected chi connectivity index (χ4v) is 2.84. The summed E-state index contributed by atoms with van der Waals surface area (Å²) in [4.78, 5) is 12.4. The van der Waals surface area contributed by atoms with Crippen LogP contribution >= 0.6 is 39.1 Å². The Bertz CT molecular complexity index is 667. The lowest BCUT2D eigenvalue weighted by atomic mass is 10.1. The largest absolute Gasteiger partial charge is 0.294 e. The van der Waals surface area contributed by atoms with Gasteiger partial charge in [-0.2, -0.15) is 5.10 Å². The Kier molecular flexibility index (Phi) is 4.89. The van der Waals surface area contributed by atoms with Gasteiger partial charge in [0.25, 0.3) is 0 Å². The summed E-state index contributed by atoms with van der Waals surface area (Å²) in [5.41, 5.74) is 2.03. The van der Waals surface area contributed by atoms with Crippen molar-refractivity contribution in [2.75, 3.05) is 0 Å². The van der Waals surface area contributed by atoms with Crippen LogP contribution in [-0.2, 0) is 13.0 Å². The van der Waals surface area contributed by atoms with Crippen LogP contribution in [0.3, 0.4) is 0 Å². The van der Waals surface area contributed by atoms with Crippen LogP contribution < -0.4 is 0 Å². The van der Waals surface area contributed by atoms with E-state index in [1.807, 2.05) is 13.8 Å². The summed E-state index contributed by atoms with van der Waals surface area (Å²) in [6, 6.07) is 5.15. The van der Waals surface area contributed by atoms with E-state index in [1.165, 1.54) is 0 Å². The van der Waals surface area contributed by atoms with E-state index < -0.39 is 0 Å². The van der Waals surface area contributed by atoms with Crippen LogP contribution in [0, 0.1) is 6.92 Å². The smallest absolute Gasteiger partial charge is 0.170 e. The number of benzene rings is 1. The average Bonchev–Trinajstić information content (AvgIpc) is 2.69. The first-order valence-corrected chi connectivity index (χ1v) is 7.69. The molecule has 2 aromatic rings. The number of aryl methyl sites for hydroxylation is 2. The lowest BCUT2D eigenvalue weighted by Gasteiger charge is -2.07. The second-order valence-electron chi connectivity index (χ2n) is 4.39. The van der Waals surface area contributed by atoms with Crippen LogP contribution in [-0.4, -0.2) is 15.6 Å². The molecule has 0 atom stereocenters. The van der Waals surface area contributed by atoms with Crippen LogP contribution in [0.4, 0.5) is 0 Å². The monoisotopic (exact) mass is 374 g/mol. The first kappa shape index (κ1) is 15.5. The van der Waals surface area contributed by atoms with Gasteiger partial charge in [-0.05, 0) is 32.0 Å². The highest BCUT2D eigenvalue weighted by Gasteiger charge is 2.18. The molecule has 0 radical (unpaired) electrons. The summed E-state index contributed by atoms with van der Waals surface area (Å²) < 4.78 is 2.48. The topological polar surface area (TPSA) is 34.9 Å². The van der Waals surface area contributed by atoms with E-state index in [1.54, 1.807) is 22.9 Å². The number of halogens is 3. The first-order chi connectivity index (χ1) is 9.43. The SMILES string of the molecule is CCn1nc(C)c(Cl)c1CC(=O)c1cc(Cl)ccc1Br. The number of hydrogen-bond donors (Lipinski definition) is 0. The lowest BCUT2D eigenvalue weighted by molar-refractivity contribution is 0.0990. The van der Waals surface area contributed by atoms with E-state index in [0.717, 1.165) is 15.9 Å². The predicted molar refractivity (Wildman–Crippen MR) is 84.8 cm³/mol. The van der Waals surface area contributed by atoms with Crippen molar-refractivity contribution >= 4 is 44.9 Å². The van der Waals surface area contributed by atoms with Crippen molar-refractivity contribution in [1.82, 2.24) is 9.78 Å². The summed E-state index contributed by atoms with van der Waals surface area (Å²) in [7, 11) is 0. The van der Waals surface area contributed by atoms with Gasteiger partial charge < -0.3 is 0 Å². The lowest BCUT2D eigenvalue weighted by Crippen LogP contribution is -2.10. The zero-order valence-electron chi connectivity index (χ0n) is 11.1. The molecule has 3 nitrogen and oxygen atoms in total. The van der Waals surface area contributed by atoms with Crippen LogP contribution in [0.25, 0.3) is 0 Å². The molecule has 6 heteroatoms. The van der Waals surface area contributed by atoms with Crippen LogP contribution in [0.2, 0.25) is 10.0 Å². The molecule has 0 fully saturated rings. The number of carbonyl (C=O) groups is 1. The molecule has 0 aliphatic rings. The molecule has 0 amide bonds. The van der Waals surface area contributed by atoms with Gasteiger partial charge in [0.15, 0.2) is 5.78 Å². The van der Waals surface area contributed by atoms with Gasteiger partial charge in [-0.3, -0.25) is 9.48 Å².